The molecule has 20 heavy (non-hydrogen) atoms. The number of ether oxygens (including phenoxy) is 1. The van der Waals surface area contributed by atoms with Crippen LogP contribution in [0.1, 0.15) is 0 Å². The van der Waals surface area contributed by atoms with E-state index < -0.39 is 0 Å². The molecule has 0 aliphatic rings. The molecule has 0 saturated heterocycles. The third kappa shape index (κ3) is 3.31. The summed E-state index contributed by atoms with van der Waals surface area (Å²) in [7, 11) is 1.35. The SMILES string of the molecule is C=CCn1c(SCC(=O)OC)nnc1-c1ccc(Br)o1. The van der Waals surface area contributed by atoms with Crippen LogP contribution in [0.4, 0.5) is 0 Å². The highest BCUT2D eigenvalue weighted by atomic mass is 79.9. The van der Waals surface area contributed by atoms with Gasteiger partial charge in [-0.1, -0.05) is 17.8 Å². The van der Waals surface area contributed by atoms with Crippen molar-refractivity contribution in [2.45, 2.75) is 11.7 Å². The average molecular weight is 358 g/mol. The van der Waals surface area contributed by atoms with Crippen molar-refractivity contribution in [3.8, 4) is 11.6 Å². The topological polar surface area (TPSA) is 70.2 Å². The van der Waals surface area contributed by atoms with E-state index in [0.717, 1.165) is 0 Å². The highest BCUT2D eigenvalue weighted by molar-refractivity contribution is 9.10. The van der Waals surface area contributed by atoms with Crippen LogP contribution >= 0.6 is 27.7 Å². The van der Waals surface area contributed by atoms with E-state index >= 15 is 0 Å². The molecule has 8 heteroatoms. The van der Waals surface area contributed by atoms with Crippen LogP contribution in [-0.2, 0) is 16.1 Å². The van der Waals surface area contributed by atoms with Gasteiger partial charge in [0, 0.05) is 6.54 Å². The molecule has 0 fully saturated rings. The summed E-state index contributed by atoms with van der Waals surface area (Å²) in [5.74, 6) is 1.04. The lowest BCUT2D eigenvalue weighted by Crippen LogP contribution is -2.06. The van der Waals surface area contributed by atoms with Crippen LogP contribution in [0.15, 0.2) is 39.0 Å². The van der Waals surface area contributed by atoms with Gasteiger partial charge in [-0.25, -0.2) is 0 Å². The molecule has 0 unspecified atom stereocenters. The molecule has 0 atom stereocenters. The van der Waals surface area contributed by atoms with Crippen LogP contribution in [0.3, 0.4) is 0 Å². The number of thioether (sulfide) groups is 1. The summed E-state index contributed by atoms with van der Waals surface area (Å²) in [6.07, 6.45) is 1.73. The van der Waals surface area contributed by atoms with Gasteiger partial charge in [-0.15, -0.1) is 16.8 Å². The number of allylic oxidation sites excluding steroid dienone is 1. The number of carbonyl (C=O) groups excluding carboxylic acids is 1. The third-order valence-electron chi connectivity index (χ3n) is 2.37. The highest BCUT2D eigenvalue weighted by Gasteiger charge is 2.17. The van der Waals surface area contributed by atoms with Gasteiger partial charge in [-0.3, -0.25) is 9.36 Å². The van der Waals surface area contributed by atoms with E-state index in [9.17, 15) is 4.79 Å². The fourth-order valence-electron chi connectivity index (χ4n) is 1.49. The van der Waals surface area contributed by atoms with Crippen LogP contribution in [-0.4, -0.2) is 33.6 Å². The molecule has 0 spiro atoms. The Bertz CT molecular complexity index is 623. The molecule has 0 aliphatic heterocycles. The second kappa shape index (κ2) is 6.76. The first kappa shape index (κ1) is 14.9. The van der Waals surface area contributed by atoms with Gasteiger partial charge in [0.2, 0.25) is 5.82 Å². The predicted octanol–water partition coefficient (Wildman–Crippen LogP) is 2.75. The summed E-state index contributed by atoms with van der Waals surface area (Å²) in [6.45, 7) is 4.23. The number of aromatic nitrogens is 3. The molecular formula is C12H12BrN3O3S. The van der Waals surface area contributed by atoms with Crippen LogP contribution in [0.5, 0.6) is 0 Å². The summed E-state index contributed by atoms with van der Waals surface area (Å²) >= 11 is 4.50. The number of rotatable bonds is 6. The van der Waals surface area contributed by atoms with E-state index in [1.165, 1.54) is 18.9 Å². The zero-order valence-electron chi connectivity index (χ0n) is 10.7. The van der Waals surface area contributed by atoms with Crippen molar-refractivity contribution in [1.29, 1.82) is 0 Å². The molecule has 2 aromatic rings. The normalized spacial score (nSPS) is 10.5. The Hall–Kier alpha value is -1.54. The molecule has 0 N–H and O–H groups in total. The standard InChI is InChI=1S/C12H12BrN3O3S/c1-3-6-16-11(8-4-5-9(13)19-8)14-15-12(16)20-7-10(17)18-2/h3-5H,1,6-7H2,2H3. The molecule has 0 aliphatic carbocycles. The van der Waals surface area contributed by atoms with Gasteiger partial charge in [0.25, 0.3) is 0 Å². The second-order valence-corrected chi connectivity index (χ2v) is 5.40. The minimum atomic E-state index is -0.314. The Balaban J connectivity index is 2.27. The quantitative estimate of drug-likeness (QED) is 0.449. The lowest BCUT2D eigenvalue weighted by molar-refractivity contribution is -0.137. The van der Waals surface area contributed by atoms with Crippen molar-refractivity contribution >= 4 is 33.7 Å². The molecule has 2 aromatic heterocycles. The summed E-state index contributed by atoms with van der Waals surface area (Å²) in [5, 5.41) is 8.78. The Morgan fingerprint density at radius 2 is 2.40 bits per heavy atom. The Morgan fingerprint density at radius 1 is 1.60 bits per heavy atom. The monoisotopic (exact) mass is 357 g/mol. The fraction of sp³-hybridized carbons (Fsp3) is 0.250. The number of nitrogens with zero attached hydrogens (tertiary/aromatic N) is 3. The number of hydrogen-bond acceptors (Lipinski definition) is 6. The van der Waals surface area contributed by atoms with Crippen molar-refractivity contribution in [1.82, 2.24) is 14.8 Å². The third-order valence-corrected chi connectivity index (χ3v) is 3.74. The Labute approximate surface area is 128 Å². The van der Waals surface area contributed by atoms with E-state index in [0.29, 0.717) is 28.0 Å². The van der Waals surface area contributed by atoms with Crippen LogP contribution in [0.2, 0.25) is 0 Å². The van der Waals surface area contributed by atoms with Gasteiger partial charge in [0.1, 0.15) is 0 Å². The number of esters is 1. The number of carbonyl (C=O) groups is 1. The predicted molar refractivity (Wildman–Crippen MR) is 78.4 cm³/mol. The van der Waals surface area contributed by atoms with Crippen molar-refractivity contribution in [3.05, 3.63) is 29.5 Å². The van der Waals surface area contributed by atoms with Gasteiger partial charge in [0.05, 0.1) is 12.9 Å². The molecule has 0 amide bonds. The molecule has 2 heterocycles. The Morgan fingerprint density at radius 3 is 3.00 bits per heavy atom. The number of methoxy groups -OCH3 is 1. The van der Waals surface area contributed by atoms with Gasteiger partial charge in [-0.2, -0.15) is 0 Å². The first-order valence-corrected chi connectivity index (χ1v) is 7.43. The molecular weight excluding hydrogens is 346 g/mol. The van der Waals surface area contributed by atoms with Crippen molar-refractivity contribution in [2.75, 3.05) is 12.9 Å². The van der Waals surface area contributed by atoms with E-state index in [1.807, 2.05) is 4.57 Å². The summed E-state index contributed by atoms with van der Waals surface area (Å²) < 4.78 is 12.5. The van der Waals surface area contributed by atoms with Crippen molar-refractivity contribution in [3.63, 3.8) is 0 Å². The van der Waals surface area contributed by atoms with Gasteiger partial charge >= 0.3 is 5.97 Å². The first-order chi connectivity index (χ1) is 9.65. The van der Waals surface area contributed by atoms with Crippen molar-refractivity contribution < 1.29 is 13.9 Å². The molecule has 0 bridgehead atoms. The minimum absolute atomic E-state index is 0.174. The largest absolute Gasteiger partial charge is 0.468 e. The molecule has 0 aromatic carbocycles. The molecule has 106 valence electrons. The highest BCUT2D eigenvalue weighted by Crippen LogP contribution is 2.27. The lowest BCUT2D eigenvalue weighted by Gasteiger charge is -2.05. The Kier molecular flexibility index (Phi) is 5.02. The maximum atomic E-state index is 11.2. The molecule has 2 rings (SSSR count). The molecule has 0 radical (unpaired) electrons. The maximum absolute atomic E-state index is 11.2. The number of furan rings is 1. The van der Waals surface area contributed by atoms with Gasteiger partial charge < -0.3 is 9.15 Å². The second-order valence-electron chi connectivity index (χ2n) is 3.67. The van der Waals surface area contributed by atoms with E-state index in [4.69, 9.17) is 4.42 Å². The number of hydrogen-bond donors (Lipinski definition) is 0. The average Bonchev–Trinajstić information content (AvgIpc) is 3.03. The molecule has 0 saturated carbocycles. The van der Waals surface area contributed by atoms with Crippen LogP contribution in [0.25, 0.3) is 11.6 Å². The maximum Gasteiger partial charge on any atom is 0.316 e. The fourth-order valence-corrected chi connectivity index (χ4v) is 2.58. The zero-order valence-corrected chi connectivity index (χ0v) is 13.1. The van der Waals surface area contributed by atoms with E-state index in [-0.39, 0.29) is 11.7 Å². The minimum Gasteiger partial charge on any atom is -0.468 e. The molecule has 6 nitrogen and oxygen atoms in total. The van der Waals surface area contributed by atoms with Crippen molar-refractivity contribution in [2.24, 2.45) is 0 Å². The van der Waals surface area contributed by atoms with Gasteiger partial charge in [-0.05, 0) is 28.1 Å². The lowest BCUT2D eigenvalue weighted by atomic mass is 10.4. The summed E-state index contributed by atoms with van der Waals surface area (Å²) in [4.78, 5) is 11.2. The van der Waals surface area contributed by atoms with Gasteiger partial charge in [0.15, 0.2) is 15.6 Å². The summed E-state index contributed by atoms with van der Waals surface area (Å²) in [6, 6.07) is 3.58. The number of halogens is 1. The first-order valence-electron chi connectivity index (χ1n) is 5.65. The zero-order chi connectivity index (χ0) is 14.5. The van der Waals surface area contributed by atoms with E-state index in [1.54, 1.807) is 18.2 Å². The van der Waals surface area contributed by atoms with Crippen LogP contribution < -0.4 is 0 Å². The van der Waals surface area contributed by atoms with E-state index in [2.05, 4.69) is 37.4 Å². The summed E-state index contributed by atoms with van der Waals surface area (Å²) in [5.41, 5.74) is 0. The van der Waals surface area contributed by atoms with Crippen LogP contribution in [0, 0.1) is 0 Å². The smallest absolute Gasteiger partial charge is 0.316 e.